The van der Waals surface area contributed by atoms with Gasteiger partial charge in [0.05, 0.1) is 24.5 Å². The third kappa shape index (κ3) is 8.13. The van der Waals surface area contributed by atoms with Crippen LogP contribution in [0.2, 0.25) is 0 Å². The Morgan fingerprint density at radius 1 is 0.929 bits per heavy atom. The predicted molar refractivity (Wildman–Crippen MR) is 135 cm³/mol. The van der Waals surface area contributed by atoms with E-state index in [2.05, 4.69) is 23.1 Å². The van der Waals surface area contributed by atoms with Gasteiger partial charge in [-0.25, -0.2) is 13.7 Å². The van der Waals surface area contributed by atoms with Crippen molar-refractivity contribution < 1.29 is 71.3 Å². The molecule has 0 aliphatic carbocycles. The minimum Gasteiger partial charge on any atom is -0.387 e. The fourth-order valence-corrected chi connectivity index (χ4v) is 7.02. The number of aliphatic hydroxyl groups is 3. The number of carbonyl (C=O) groups is 1. The second-order valence-electron chi connectivity index (χ2n) is 8.76. The van der Waals surface area contributed by atoms with Crippen LogP contribution in [-0.4, -0.2) is 98.1 Å². The quantitative estimate of drug-likeness (QED) is 0.148. The molecule has 7 atom stereocenters. The maximum Gasteiger partial charge on any atom is 0.490 e. The van der Waals surface area contributed by atoms with Crippen molar-refractivity contribution in [1.29, 1.82) is 0 Å². The number of ether oxygens (including phenoxy) is 1. The van der Waals surface area contributed by atoms with Gasteiger partial charge in [-0.15, -0.1) is 0 Å². The van der Waals surface area contributed by atoms with Gasteiger partial charge in [-0.1, -0.05) is 6.07 Å². The van der Waals surface area contributed by atoms with Crippen molar-refractivity contribution in [2.24, 2.45) is 0 Å². The van der Waals surface area contributed by atoms with E-state index in [1.807, 2.05) is 0 Å². The van der Waals surface area contributed by atoms with E-state index in [1.54, 1.807) is 36.5 Å². The van der Waals surface area contributed by atoms with Gasteiger partial charge in [-0.3, -0.25) is 24.2 Å². The Labute approximate surface area is 236 Å². The van der Waals surface area contributed by atoms with Gasteiger partial charge in [0.2, 0.25) is 6.35 Å². The van der Waals surface area contributed by atoms with Crippen molar-refractivity contribution in [1.82, 2.24) is 19.8 Å². The molecule has 4 heterocycles. The molecule has 2 aromatic heterocycles. The van der Waals surface area contributed by atoms with Gasteiger partial charge in [0.15, 0.2) is 6.23 Å². The van der Waals surface area contributed by atoms with E-state index in [4.69, 9.17) is 14.5 Å². The van der Waals surface area contributed by atoms with Gasteiger partial charge in [0.1, 0.15) is 18.3 Å². The monoisotopic (exact) mass is 654 g/mol. The molecule has 2 aliphatic heterocycles. The van der Waals surface area contributed by atoms with Gasteiger partial charge in [-0.05, 0) is 24.3 Å². The molecule has 1 fully saturated rings. The number of phosphoric ester groups is 1. The van der Waals surface area contributed by atoms with Crippen LogP contribution < -0.4 is 0 Å². The second-order valence-corrected chi connectivity index (χ2v) is 13.2. The summed E-state index contributed by atoms with van der Waals surface area (Å²) in [7, 11) is -16.9. The van der Waals surface area contributed by atoms with Crippen molar-refractivity contribution >= 4 is 29.4 Å². The van der Waals surface area contributed by atoms with E-state index < -0.39 is 66.9 Å². The molecule has 42 heavy (non-hydrogen) atoms. The lowest BCUT2D eigenvalue weighted by Gasteiger charge is -2.41. The number of hydrogen-bond acceptors (Lipinski definition) is 14. The highest BCUT2D eigenvalue weighted by Gasteiger charge is 2.49. The molecular weight excluding hydrogens is 629 g/mol. The van der Waals surface area contributed by atoms with Gasteiger partial charge in [-0.2, -0.15) is 8.62 Å². The zero-order valence-electron chi connectivity index (χ0n) is 21.0. The first kappa shape index (κ1) is 32.5. The molecule has 2 aromatic rings. The Bertz CT molecular complexity index is 1460. The number of carbonyl (C=O) groups excluding carboxylic acids is 1. The molecule has 4 rings (SSSR count). The largest absolute Gasteiger partial charge is 0.490 e. The van der Waals surface area contributed by atoms with Crippen LogP contribution in [0, 0.1) is 0 Å². The molecule has 7 N–H and O–H groups in total. The molecule has 0 spiro atoms. The maximum absolute atomic E-state index is 12.6. The molecule has 0 radical (unpaired) electrons. The fraction of sp³-hybridized carbons (Fsp3) is 0.350. The highest BCUT2D eigenvalue weighted by molar-refractivity contribution is 7.66. The van der Waals surface area contributed by atoms with Crippen LogP contribution in [0.1, 0.15) is 5.69 Å². The summed E-state index contributed by atoms with van der Waals surface area (Å²) >= 11 is 0. The minimum absolute atomic E-state index is 0.192. The van der Waals surface area contributed by atoms with E-state index in [9.17, 15) is 43.6 Å². The van der Waals surface area contributed by atoms with E-state index in [-0.39, 0.29) is 6.54 Å². The third-order valence-electron chi connectivity index (χ3n) is 5.78. The van der Waals surface area contributed by atoms with Crippen molar-refractivity contribution in [2.45, 2.75) is 37.4 Å². The summed E-state index contributed by atoms with van der Waals surface area (Å²) in [5.41, 5.74) is 1.72. The number of phosphoric acid groups is 3. The molecule has 19 nitrogen and oxygen atoms in total. The first-order valence-electron chi connectivity index (χ1n) is 11.7. The second kappa shape index (κ2) is 12.7. The maximum atomic E-state index is 12.6. The highest BCUT2D eigenvalue weighted by Crippen LogP contribution is 2.66. The number of aliphatic hydroxyl groups excluding tert-OH is 3. The Kier molecular flexibility index (Phi) is 9.79. The van der Waals surface area contributed by atoms with Crippen LogP contribution in [0.3, 0.4) is 0 Å². The number of rotatable bonds is 11. The summed E-state index contributed by atoms with van der Waals surface area (Å²) in [5.74, 6) is -0.624. The Hall–Kier alpha value is -2.44. The number of nitrogens with zero attached hydrogens (tertiary/aromatic N) is 4. The van der Waals surface area contributed by atoms with Crippen LogP contribution in [0.25, 0.3) is 11.3 Å². The molecule has 230 valence electrons. The van der Waals surface area contributed by atoms with Crippen LogP contribution in [0.15, 0.2) is 55.0 Å². The molecule has 1 amide bonds. The highest BCUT2D eigenvalue weighted by atomic mass is 31.3. The lowest BCUT2D eigenvalue weighted by molar-refractivity contribution is -0.192. The number of pyridine rings is 2. The lowest BCUT2D eigenvalue weighted by atomic mass is 10.1. The van der Waals surface area contributed by atoms with Crippen LogP contribution in [0.4, 0.5) is 0 Å². The summed E-state index contributed by atoms with van der Waals surface area (Å²) in [6.07, 6.45) is -3.23. The molecule has 22 heteroatoms. The molecule has 0 bridgehead atoms. The first-order valence-corrected chi connectivity index (χ1v) is 16.2. The number of amides is 1. The van der Waals surface area contributed by atoms with Gasteiger partial charge in [0, 0.05) is 30.2 Å². The van der Waals surface area contributed by atoms with Crippen LogP contribution in [0.5, 0.6) is 0 Å². The predicted octanol–water partition coefficient (Wildman–Crippen LogP) is -0.633. The summed E-state index contributed by atoms with van der Waals surface area (Å²) in [4.78, 5) is 59.1. The molecule has 0 aromatic carbocycles. The van der Waals surface area contributed by atoms with Crippen molar-refractivity contribution in [3.63, 3.8) is 0 Å². The Balaban J connectivity index is 1.42. The zero-order valence-corrected chi connectivity index (χ0v) is 23.7. The van der Waals surface area contributed by atoms with Crippen molar-refractivity contribution in [3.05, 3.63) is 60.7 Å². The molecule has 1 saturated heterocycles. The van der Waals surface area contributed by atoms with E-state index in [0.717, 1.165) is 22.1 Å². The van der Waals surface area contributed by atoms with Gasteiger partial charge < -0.3 is 44.5 Å². The van der Waals surface area contributed by atoms with Crippen LogP contribution >= 0.6 is 23.5 Å². The summed E-state index contributed by atoms with van der Waals surface area (Å²) in [6, 6.07) is 8.68. The van der Waals surface area contributed by atoms with Crippen molar-refractivity contribution in [3.8, 4) is 11.3 Å². The molecule has 5 unspecified atom stereocenters. The smallest absolute Gasteiger partial charge is 0.387 e. The fourth-order valence-electron chi connectivity index (χ4n) is 3.99. The van der Waals surface area contributed by atoms with Crippen molar-refractivity contribution in [2.75, 3.05) is 6.61 Å². The standard InChI is InChI=1S/C20H25N4O15P3/c25-16-5-8-23(20(28)24(16)10-13-9-12(4-7-21-13)14-3-1-2-6-22-14)19-18(27)17(26)15(37-19)11-36-41(32,33)39-42(34,35)38-40(29,30)31/h1-9,15,17-20,26-28H,10-11H2,(H,32,33)(H,34,35)(H2,29,30,31)/t15-,17?,18?,19-,20?/m1/s1. The van der Waals surface area contributed by atoms with Gasteiger partial charge >= 0.3 is 23.5 Å². The van der Waals surface area contributed by atoms with Gasteiger partial charge in [0.25, 0.3) is 5.91 Å². The average molecular weight is 654 g/mol. The number of aromatic nitrogens is 2. The zero-order chi connectivity index (χ0) is 30.9. The summed E-state index contributed by atoms with van der Waals surface area (Å²) in [6.45, 7) is -1.25. The Morgan fingerprint density at radius 2 is 1.67 bits per heavy atom. The Morgan fingerprint density at radius 3 is 2.33 bits per heavy atom. The molecular formula is C20H25N4O15P3. The SMILES string of the molecule is O=C1C=CN([C@@H]2O[C@H](COP(=O)(O)OP(=O)(O)OP(=O)(O)O)C(O)C2O)C(O)N1Cc1cc(-c2ccccn2)ccn1. The summed E-state index contributed by atoms with van der Waals surface area (Å²) < 4.78 is 51.4. The van der Waals surface area contributed by atoms with E-state index in [1.165, 1.54) is 6.20 Å². The third-order valence-corrected chi connectivity index (χ3v) is 9.58. The number of hydrogen-bond donors (Lipinski definition) is 7. The lowest BCUT2D eigenvalue weighted by Crippen LogP contribution is -2.57. The topological polar surface area (TPSA) is 279 Å². The average Bonchev–Trinajstić information content (AvgIpc) is 3.17. The van der Waals surface area contributed by atoms with E-state index in [0.29, 0.717) is 17.0 Å². The van der Waals surface area contributed by atoms with E-state index >= 15 is 0 Å². The summed E-state index contributed by atoms with van der Waals surface area (Å²) in [5, 5.41) is 31.9. The molecule has 0 saturated carbocycles. The minimum atomic E-state index is -5.78. The first-order chi connectivity index (χ1) is 19.6. The molecule has 2 aliphatic rings. The van der Waals surface area contributed by atoms with Crippen LogP contribution in [-0.2, 0) is 42.9 Å². The normalized spacial score (nSPS) is 27.6.